The molecular formula is C26H35N3O3S. The Labute approximate surface area is 198 Å². The molecule has 0 saturated carbocycles. The van der Waals surface area contributed by atoms with Crippen LogP contribution in [-0.2, 0) is 21.4 Å². The molecule has 178 valence electrons. The Balaban J connectivity index is 1.26. The molecule has 1 unspecified atom stereocenters. The largest absolute Gasteiger partial charge is 0.371 e. The smallest absolute Gasteiger partial charge is 0.243 e. The van der Waals surface area contributed by atoms with Crippen LogP contribution in [0.3, 0.4) is 0 Å². The number of nitrogens with one attached hydrogen (secondary N) is 1. The monoisotopic (exact) mass is 469 g/mol. The highest BCUT2D eigenvalue weighted by atomic mass is 32.2. The fourth-order valence-electron chi connectivity index (χ4n) is 4.80. The Morgan fingerprint density at radius 2 is 1.64 bits per heavy atom. The molecule has 4 rings (SSSR count). The van der Waals surface area contributed by atoms with Gasteiger partial charge in [-0.25, -0.2) is 8.42 Å². The van der Waals surface area contributed by atoms with E-state index in [1.807, 2.05) is 19.1 Å². The zero-order valence-electron chi connectivity index (χ0n) is 19.7. The third kappa shape index (κ3) is 5.76. The molecule has 2 aromatic rings. The van der Waals surface area contributed by atoms with E-state index in [1.54, 1.807) is 12.1 Å². The van der Waals surface area contributed by atoms with Crippen LogP contribution in [0.15, 0.2) is 53.4 Å². The van der Waals surface area contributed by atoms with Gasteiger partial charge in [0.15, 0.2) is 0 Å². The Kier molecular flexibility index (Phi) is 7.39. The summed E-state index contributed by atoms with van der Waals surface area (Å²) in [6.07, 6.45) is 3.63. The lowest BCUT2D eigenvalue weighted by Crippen LogP contribution is -2.42. The number of piperidine rings is 2. The van der Waals surface area contributed by atoms with E-state index in [4.69, 9.17) is 0 Å². The van der Waals surface area contributed by atoms with Crippen LogP contribution in [0.25, 0.3) is 0 Å². The molecule has 2 heterocycles. The second-order valence-electron chi connectivity index (χ2n) is 9.57. The summed E-state index contributed by atoms with van der Waals surface area (Å²) in [6.45, 7) is 7.70. The van der Waals surface area contributed by atoms with Crippen LogP contribution >= 0.6 is 0 Å². The predicted octanol–water partition coefficient (Wildman–Crippen LogP) is 3.95. The van der Waals surface area contributed by atoms with Crippen LogP contribution < -0.4 is 10.2 Å². The van der Waals surface area contributed by atoms with E-state index in [0.29, 0.717) is 37.4 Å². The third-order valence-electron chi connectivity index (χ3n) is 6.91. The fraction of sp³-hybridized carbons (Fsp3) is 0.500. The molecule has 0 aliphatic carbocycles. The van der Waals surface area contributed by atoms with E-state index in [1.165, 1.54) is 22.8 Å². The molecule has 2 aliphatic heterocycles. The van der Waals surface area contributed by atoms with Gasteiger partial charge in [0.1, 0.15) is 0 Å². The van der Waals surface area contributed by atoms with Crippen molar-refractivity contribution in [2.75, 3.05) is 31.1 Å². The first-order valence-corrected chi connectivity index (χ1v) is 13.5. The highest BCUT2D eigenvalue weighted by Crippen LogP contribution is 2.25. The summed E-state index contributed by atoms with van der Waals surface area (Å²) < 4.78 is 27.2. The lowest BCUT2D eigenvalue weighted by atomic mass is 9.97. The van der Waals surface area contributed by atoms with Crippen LogP contribution in [0.2, 0.25) is 0 Å². The molecule has 2 fully saturated rings. The molecule has 33 heavy (non-hydrogen) atoms. The molecule has 6 nitrogen and oxygen atoms in total. The minimum atomic E-state index is -3.50. The third-order valence-corrected chi connectivity index (χ3v) is 8.82. The van der Waals surface area contributed by atoms with Crippen molar-refractivity contribution in [3.63, 3.8) is 0 Å². The van der Waals surface area contributed by atoms with Gasteiger partial charge in [-0.1, -0.05) is 36.8 Å². The first-order valence-electron chi connectivity index (χ1n) is 12.0. The summed E-state index contributed by atoms with van der Waals surface area (Å²) in [6, 6.07) is 15.4. The molecular weight excluding hydrogens is 434 g/mol. The predicted molar refractivity (Wildman–Crippen MR) is 132 cm³/mol. The fourth-order valence-corrected chi connectivity index (χ4v) is 6.27. The molecule has 0 radical (unpaired) electrons. The first-order chi connectivity index (χ1) is 15.8. The van der Waals surface area contributed by atoms with Gasteiger partial charge in [0.25, 0.3) is 0 Å². The number of hydrogen-bond donors (Lipinski definition) is 1. The van der Waals surface area contributed by atoms with Crippen molar-refractivity contribution in [3.8, 4) is 0 Å². The van der Waals surface area contributed by atoms with E-state index in [2.05, 4.69) is 41.4 Å². The molecule has 0 aromatic heterocycles. The maximum Gasteiger partial charge on any atom is 0.243 e. The minimum Gasteiger partial charge on any atom is -0.371 e. The molecule has 1 atom stereocenters. The number of benzene rings is 2. The summed E-state index contributed by atoms with van der Waals surface area (Å²) in [4.78, 5) is 15.5. The number of carbonyl (C=O) groups is 1. The molecule has 2 saturated heterocycles. The maximum absolute atomic E-state index is 12.9. The molecule has 2 aromatic carbocycles. The Morgan fingerprint density at radius 1 is 0.970 bits per heavy atom. The van der Waals surface area contributed by atoms with E-state index < -0.39 is 10.0 Å². The molecule has 0 spiro atoms. The van der Waals surface area contributed by atoms with Gasteiger partial charge in [-0.3, -0.25) is 4.79 Å². The normalized spacial score (nSPS) is 20.5. The van der Waals surface area contributed by atoms with E-state index in [-0.39, 0.29) is 11.8 Å². The average molecular weight is 470 g/mol. The number of anilines is 1. The second kappa shape index (κ2) is 10.3. The van der Waals surface area contributed by atoms with Crippen molar-refractivity contribution >= 4 is 21.6 Å². The van der Waals surface area contributed by atoms with Crippen LogP contribution in [0.5, 0.6) is 0 Å². The van der Waals surface area contributed by atoms with Crippen molar-refractivity contribution in [1.29, 1.82) is 0 Å². The second-order valence-corrected chi connectivity index (χ2v) is 11.5. The van der Waals surface area contributed by atoms with Crippen LogP contribution in [0.4, 0.5) is 5.69 Å². The van der Waals surface area contributed by atoms with Crippen LogP contribution in [-0.4, -0.2) is 44.8 Å². The number of carbonyl (C=O) groups excluding carboxylic acids is 1. The standard InChI is InChI=1S/C26H35N3O3S/c1-20-5-11-25(12-6-20)33(31,32)29-16-13-23(14-17-29)26(30)27-18-22-7-9-24(10-8-22)28-15-3-4-21(2)19-28/h5-12,21,23H,3-4,13-19H2,1-2H3,(H,27,30). The Bertz CT molecular complexity index is 1040. The number of rotatable bonds is 6. The summed E-state index contributed by atoms with van der Waals surface area (Å²) in [5.41, 5.74) is 3.36. The van der Waals surface area contributed by atoms with E-state index in [9.17, 15) is 13.2 Å². The highest BCUT2D eigenvalue weighted by molar-refractivity contribution is 7.89. The van der Waals surface area contributed by atoms with Crippen LogP contribution in [0, 0.1) is 18.8 Å². The van der Waals surface area contributed by atoms with Gasteiger partial charge in [0.2, 0.25) is 15.9 Å². The SMILES string of the molecule is Cc1ccc(S(=O)(=O)N2CCC(C(=O)NCc3ccc(N4CCCC(C)C4)cc3)CC2)cc1. The molecule has 2 aliphatic rings. The molecule has 7 heteroatoms. The van der Waals surface area contributed by atoms with Crippen molar-refractivity contribution in [2.45, 2.75) is 51.0 Å². The minimum absolute atomic E-state index is 0.0105. The van der Waals surface area contributed by atoms with Crippen molar-refractivity contribution in [1.82, 2.24) is 9.62 Å². The summed E-state index contributed by atoms with van der Waals surface area (Å²) in [5.74, 6) is 0.593. The first kappa shape index (κ1) is 23.8. The summed E-state index contributed by atoms with van der Waals surface area (Å²) in [7, 11) is -3.50. The van der Waals surface area contributed by atoms with Crippen molar-refractivity contribution in [2.24, 2.45) is 11.8 Å². The zero-order chi connectivity index (χ0) is 23.4. The number of nitrogens with zero attached hydrogens (tertiary/aromatic N) is 2. The zero-order valence-corrected chi connectivity index (χ0v) is 20.5. The van der Waals surface area contributed by atoms with Gasteiger partial charge in [0, 0.05) is 44.3 Å². The molecule has 1 N–H and O–H groups in total. The average Bonchev–Trinajstić information content (AvgIpc) is 2.83. The van der Waals surface area contributed by atoms with Crippen molar-refractivity contribution in [3.05, 3.63) is 59.7 Å². The summed E-state index contributed by atoms with van der Waals surface area (Å²) >= 11 is 0. The Hall–Kier alpha value is -2.38. The number of hydrogen-bond acceptors (Lipinski definition) is 4. The van der Waals surface area contributed by atoms with Gasteiger partial charge in [-0.05, 0) is 68.4 Å². The molecule has 0 bridgehead atoms. The van der Waals surface area contributed by atoms with Gasteiger partial charge in [-0.15, -0.1) is 0 Å². The lowest BCUT2D eigenvalue weighted by molar-refractivity contribution is -0.126. The number of amides is 1. The lowest BCUT2D eigenvalue weighted by Gasteiger charge is -2.33. The number of aryl methyl sites for hydroxylation is 1. The maximum atomic E-state index is 12.9. The molecule has 1 amide bonds. The van der Waals surface area contributed by atoms with Crippen LogP contribution in [0.1, 0.15) is 43.7 Å². The number of sulfonamides is 1. The Morgan fingerprint density at radius 3 is 2.27 bits per heavy atom. The topological polar surface area (TPSA) is 69.7 Å². The highest BCUT2D eigenvalue weighted by Gasteiger charge is 2.32. The van der Waals surface area contributed by atoms with Gasteiger partial charge < -0.3 is 10.2 Å². The van der Waals surface area contributed by atoms with Gasteiger partial charge in [-0.2, -0.15) is 4.31 Å². The van der Waals surface area contributed by atoms with E-state index in [0.717, 1.165) is 30.1 Å². The summed E-state index contributed by atoms with van der Waals surface area (Å²) in [5, 5.41) is 3.05. The van der Waals surface area contributed by atoms with Gasteiger partial charge >= 0.3 is 0 Å². The van der Waals surface area contributed by atoms with Gasteiger partial charge in [0.05, 0.1) is 4.90 Å². The quantitative estimate of drug-likeness (QED) is 0.696. The van der Waals surface area contributed by atoms with Crippen molar-refractivity contribution < 1.29 is 13.2 Å². The van der Waals surface area contributed by atoms with E-state index >= 15 is 0 Å².